The van der Waals surface area contributed by atoms with E-state index in [-0.39, 0.29) is 24.0 Å². The Morgan fingerprint density at radius 3 is 2.47 bits per heavy atom. The van der Waals surface area contributed by atoms with Gasteiger partial charge >= 0.3 is 17.9 Å². The molecule has 2 aliphatic carbocycles. The van der Waals surface area contributed by atoms with Gasteiger partial charge < -0.3 is 18.9 Å². The van der Waals surface area contributed by atoms with Crippen LogP contribution in [0.2, 0.25) is 0 Å². The Kier molecular flexibility index (Phi) is 6.30. The van der Waals surface area contributed by atoms with Crippen molar-refractivity contribution in [1.29, 1.82) is 0 Å². The van der Waals surface area contributed by atoms with Crippen LogP contribution < -0.4 is 0 Å². The molecule has 1 saturated heterocycles. The Labute approximate surface area is 201 Å². The molecule has 7 unspecified atom stereocenters. The number of epoxide rings is 1. The number of fused-ring (bicyclic) bond motifs is 4. The molecular formula is C27H36O7. The topological polar surface area (TPSA) is 91.4 Å². The zero-order valence-corrected chi connectivity index (χ0v) is 21.2. The minimum Gasteiger partial charge on any atom is -0.462 e. The molecule has 2 aliphatic heterocycles. The van der Waals surface area contributed by atoms with Crippen molar-refractivity contribution in [2.75, 3.05) is 0 Å². The SMILES string of the molecule is CC(=O)OC1CC2OC2(C)C2CC3=C(C)C(=O)OC3C=C(C)CCC(OC(=O)C=C(C)C)C12C. The van der Waals surface area contributed by atoms with E-state index in [1.807, 2.05) is 26.8 Å². The second kappa shape index (κ2) is 8.67. The molecule has 186 valence electrons. The maximum Gasteiger partial charge on any atom is 0.334 e. The molecule has 0 radical (unpaired) electrons. The minimum absolute atomic E-state index is 0.0540. The number of hydrogen-bond acceptors (Lipinski definition) is 7. The van der Waals surface area contributed by atoms with Crippen molar-refractivity contribution in [2.45, 2.75) is 104 Å². The fraction of sp³-hybridized carbons (Fsp3) is 0.667. The van der Waals surface area contributed by atoms with Gasteiger partial charge in [-0.3, -0.25) is 4.79 Å². The second-order valence-electron chi connectivity index (χ2n) is 10.9. The van der Waals surface area contributed by atoms with Crippen LogP contribution in [0.4, 0.5) is 0 Å². The second-order valence-corrected chi connectivity index (χ2v) is 10.9. The van der Waals surface area contributed by atoms with Gasteiger partial charge in [0.15, 0.2) is 0 Å². The van der Waals surface area contributed by atoms with Crippen LogP contribution in [0, 0.1) is 11.3 Å². The van der Waals surface area contributed by atoms with Gasteiger partial charge in [0, 0.05) is 36.3 Å². The molecule has 0 amide bonds. The van der Waals surface area contributed by atoms with Crippen LogP contribution in [0.15, 0.2) is 34.4 Å². The van der Waals surface area contributed by atoms with E-state index in [0.717, 1.165) is 16.7 Å². The van der Waals surface area contributed by atoms with Crippen LogP contribution >= 0.6 is 0 Å². The summed E-state index contributed by atoms with van der Waals surface area (Å²) in [5.41, 5.74) is 2.27. The number of allylic oxidation sites excluding steroid dienone is 2. The number of ether oxygens (including phenoxy) is 4. The summed E-state index contributed by atoms with van der Waals surface area (Å²) in [4.78, 5) is 37.5. The molecule has 0 aromatic heterocycles. The van der Waals surface area contributed by atoms with E-state index in [1.165, 1.54) is 13.0 Å². The third-order valence-electron chi connectivity index (χ3n) is 8.24. The molecular weight excluding hydrogens is 436 g/mol. The van der Waals surface area contributed by atoms with E-state index in [9.17, 15) is 14.4 Å². The van der Waals surface area contributed by atoms with E-state index in [2.05, 4.69) is 13.8 Å². The summed E-state index contributed by atoms with van der Waals surface area (Å²) in [7, 11) is 0. The van der Waals surface area contributed by atoms with E-state index >= 15 is 0 Å². The van der Waals surface area contributed by atoms with Gasteiger partial charge in [0.05, 0.1) is 11.7 Å². The first-order valence-electron chi connectivity index (χ1n) is 12.1. The monoisotopic (exact) mass is 472 g/mol. The average molecular weight is 473 g/mol. The highest BCUT2D eigenvalue weighted by atomic mass is 16.6. The van der Waals surface area contributed by atoms with Gasteiger partial charge in [-0.1, -0.05) is 18.1 Å². The Morgan fingerprint density at radius 1 is 1.12 bits per heavy atom. The highest BCUT2D eigenvalue weighted by molar-refractivity contribution is 5.92. The lowest BCUT2D eigenvalue weighted by molar-refractivity contribution is -0.186. The maximum atomic E-state index is 12.8. The molecule has 4 aliphatic rings. The van der Waals surface area contributed by atoms with Crippen LogP contribution in [0.25, 0.3) is 0 Å². The summed E-state index contributed by atoms with van der Waals surface area (Å²) in [6.45, 7) is 13.0. The predicted molar refractivity (Wildman–Crippen MR) is 125 cm³/mol. The first kappa shape index (κ1) is 24.7. The molecule has 2 heterocycles. The molecule has 0 N–H and O–H groups in total. The maximum absolute atomic E-state index is 12.8. The molecule has 7 atom stereocenters. The zero-order chi connectivity index (χ0) is 25.0. The Balaban J connectivity index is 1.85. The van der Waals surface area contributed by atoms with Gasteiger partial charge in [-0.15, -0.1) is 0 Å². The molecule has 0 aromatic carbocycles. The quantitative estimate of drug-likeness (QED) is 0.198. The van der Waals surface area contributed by atoms with Crippen molar-refractivity contribution in [1.82, 2.24) is 0 Å². The third-order valence-corrected chi connectivity index (χ3v) is 8.24. The zero-order valence-electron chi connectivity index (χ0n) is 21.2. The minimum atomic E-state index is -0.723. The van der Waals surface area contributed by atoms with E-state index in [0.29, 0.717) is 31.3 Å². The van der Waals surface area contributed by atoms with Gasteiger partial charge in [-0.25, -0.2) is 9.59 Å². The molecule has 7 nitrogen and oxygen atoms in total. The number of carbonyl (C=O) groups excluding carboxylic acids is 3. The summed E-state index contributed by atoms with van der Waals surface area (Å²) in [6, 6.07) is 0. The van der Waals surface area contributed by atoms with Crippen LogP contribution in [-0.2, 0) is 33.3 Å². The van der Waals surface area contributed by atoms with Crippen molar-refractivity contribution in [3.63, 3.8) is 0 Å². The lowest BCUT2D eigenvalue weighted by Gasteiger charge is -2.51. The molecule has 0 spiro atoms. The Morgan fingerprint density at radius 2 is 1.82 bits per heavy atom. The van der Waals surface area contributed by atoms with Gasteiger partial charge in [0.1, 0.15) is 18.3 Å². The third kappa shape index (κ3) is 4.23. The van der Waals surface area contributed by atoms with Crippen LogP contribution in [0.3, 0.4) is 0 Å². The van der Waals surface area contributed by atoms with E-state index < -0.39 is 35.3 Å². The van der Waals surface area contributed by atoms with Gasteiger partial charge in [-0.05, 0) is 65.5 Å². The van der Waals surface area contributed by atoms with Crippen molar-refractivity contribution in [3.05, 3.63) is 34.4 Å². The standard InChI is InChI=1S/C27H36O7/c1-14(2)10-24(29)33-21-9-8-15(3)11-19-18(16(4)25(30)32-19)12-20-26(21,6)22(31-17(5)28)13-23-27(20,7)34-23/h10-11,19-23H,8-9,12-13H2,1-7H3. The van der Waals surface area contributed by atoms with Gasteiger partial charge in [0.25, 0.3) is 0 Å². The molecule has 34 heavy (non-hydrogen) atoms. The van der Waals surface area contributed by atoms with Crippen molar-refractivity contribution in [3.8, 4) is 0 Å². The summed E-state index contributed by atoms with van der Waals surface area (Å²) in [5, 5.41) is 0. The molecule has 7 heteroatoms. The molecule has 0 bridgehead atoms. The lowest BCUT2D eigenvalue weighted by Crippen LogP contribution is -2.59. The van der Waals surface area contributed by atoms with Crippen LogP contribution in [0.5, 0.6) is 0 Å². The average Bonchev–Trinajstić information content (AvgIpc) is 3.31. The summed E-state index contributed by atoms with van der Waals surface area (Å²) < 4.78 is 23.9. The largest absolute Gasteiger partial charge is 0.462 e. The molecule has 0 aromatic rings. The fourth-order valence-electron chi connectivity index (χ4n) is 6.23. The number of esters is 3. The van der Waals surface area contributed by atoms with Crippen molar-refractivity contribution in [2.24, 2.45) is 11.3 Å². The van der Waals surface area contributed by atoms with Crippen LogP contribution in [-0.4, -0.2) is 47.9 Å². The van der Waals surface area contributed by atoms with Gasteiger partial charge in [-0.2, -0.15) is 0 Å². The highest BCUT2D eigenvalue weighted by Gasteiger charge is 2.71. The predicted octanol–water partition coefficient (Wildman–Crippen LogP) is 4.35. The first-order valence-corrected chi connectivity index (χ1v) is 12.1. The van der Waals surface area contributed by atoms with E-state index in [1.54, 1.807) is 6.92 Å². The smallest absolute Gasteiger partial charge is 0.334 e. The fourth-order valence-corrected chi connectivity index (χ4v) is 6.23. The summed E-state index contributed by atoms with van der Waals surface area (Å²) in [6.07, 6.45) is 4.34. The van der Waals surface area contributed by atoms with Gasteiger partial charge in [0.2, 0.25) is 0 Å². The van der Waals surface area contributed by atoms with Crippen molar-refractivity contribution < 1.29 is 33.3 Å². The number of hydrogen-bond donors (Lipinski definition) is 0. The Bertz CT molecular complexity index is 1000. The van der Waals surface area contributed by atoms with Crippen LogP contribution in [0.1, 0.15) is 74.1 Å². The molecule has 4 rings (SSSR count). The first-order chi connectivity index (χ1) is 15.9. The van der Waals surface area contributed by atoms with Crippen molar-refractivity contribution >= 4 is 17.9 Å². The number of carbonyl (C=O) groups is 3. The molecule has 2 fully saturated rings. The summed E-state index contributed by atoms with van der Waals surface area (Å²) >= 11 is 0. The lowest BCUT2D eigenvalue weighted by atomic mass is 9.56. The summed E-state index contributed by atoms with van der Waals surface area (Å²) in [5.74, 6) is -1.23. The highest BCUT2D eigenvalue weighted by Crippen LogP contribution is 2.63. The normalized spacial score (nSPS) is 39.0. The number of rotatable bonds is 3. The molecule has 1 saturated carbocycles. The Hall–Kier alpha value is -2.41. The van der Waals surface area contributed by atoms with E-state index in [4.69, 9.17) is 18.9 Å².